The zero-order valence-electron chi connectivity index (χ0n) is 25.8. The van der Waals surface area contributed by atoms with Gasteiger partial charge in [0.15, 0.2) is 6.61 Å². The molecule has 5 rings (SSSR count). The number of likely N-dealkylation sites (tertiary alicyclic amines) is 1. The molecule has 3 amide bonds. The maximum Gasteiger partial charge on any atom is 0.258 e. The number of likely N-dealkylation sites (N-methyl/N-ethyl adjacent to an activating group) is 1. The van der Waals surface area contributed by atoms with E-state index in [1.54, 1.807) is 54.5 Å². The number of hydrogen-bond acceptors (Lipinski definition) is 7. The lowest BCUT2D eigenvalue weighted by Gasteiger charge is -2.39. The number of methoxy groups -OCH3 is 1. The third-order valence-electron chi connectivity index (χ3n) is 8.11. The number of hydrogen-bond donors (Lipinski definition) is 2. The average Bonchev–Trinajstić information content (AvgIpc) is 3.03. The highest BCUT2D eigenvalue weighted by molar-refractivity contribution is 5.96. The summed E-state index contributed by atoms with van der Waals surface area (Å²) in [6.07, 6.45) is -0.000257. The van der Waals surface area contributed by atoms with E-state index in [1.165, 1.54) is 12.1 Å². The summed E-state index contributed by atoms with van der Waals surface area (Å²) >= 11 is 0. The Kier molecular flexibility index (Phi) is 10.2. The van der Waals surface area contributed by atoms with Gasteiger partial charge >= 0.3 is 0 Å². The highest BCUT2D eigenvalue weighted by Crippen LogP contribution is 2.33. The number of piperidine rings is 1. The quantitative estimate of drug-likeness (QED) is 0.450. The molecule has 45 heavy (non-hydrogen) atoms. The molecular formula is C34H39FN4O6. The minimum atomic E-state index is -0.510. The van der Waals surface area contributed by atoms with Crippen LogP contribution in [0.1, 0.15) is 36.2 Å². The summed E-state index contributed by atoms with van der Waals surface area (Å²) in [6, 6.07) is 16.1. The van der Waals surface area contributed by atoms with Gasteiger partial charge in [-0.25, -0.2) is 4.39 Å². The highest BCUT2D eigenvalue weighted by Gasteiger charge is 2.34. The normalized spacial score (nSPS) is 18.8. The Bertz CT molecular complexity index is 1540. The van der Waals surface area contributed by atoms with Gasteiger partial charge in [-0.2, -0.15) is 0 Å². The van der Waals surface area contributed by atoms with Crippen molar-refractivity contribution in [2.45, 2.75) is 39.0 Å². The molecule has 2 heterocycles. The topological polar surface area (TPSA) is 109 Å². The van der Waals surface area contributed by atoms with Crippen molar-refractivity contribution in [3.8, 4) is 28.4 Å². The van der Waals surface area contributed by atoms with E-state index in [-0.39, 0.29) is 43.2 Å². The summed E-state index contributed by atoms with van der Waals surface area (Å²) < 4.78 is 32.3. The number of carbonyl (C=O) groups is 3. The number of ether oxygens (including phenoxy) is 3. The van der Waals surface area contributed by atoms with Gasteiger partial charge in [0.1, 0.15) is 29.2 Å². The van der Waals surface area contributed by atoms with Gasteiger partial charge in [-0.05, 0) is 73.9 Å². The van der Waals surface area contributed by atoms with E-state index < -0.39 is 18.0 Å². The second-order valence-electron chi connectivity index (χ2n) is 11.1. The van der Waals surface area contributed by atoms with Crippen LogP contribution in [0, 0.1) is 5.82 Å². The van der Waals surface area contributed by atoms with Crippen molar-refractivity contribution < 1.29 is 33.0 Å². The maximum atomic E-state index is 14.7. The van der Waals surface area contributed by atoms with Gasteiger partial charge in [0.2, 0.25) is 5.91 Å². The minimum Gasteiger partial charge on any atom is -0.496 e. The molecule has 3 aromatic carbocycles. The van der Waals surface area contributed by atoms with Gasteiger partial charge in [0.25, 0.3) is 11.8 Å². The van der Waals surface area contributed by atoms with Crippen molar-refractivity contribution in [2.24, 2.45) is 0 Å². The maximum absolute atomic E-state index is 14.7. The zero-order valence-corrected chi connectivity index (χ0v) is 25.8. The Morgan fingerprint density at radius 1 is 1.04 bits per heavy atom. The largest absolute Gasteiger partial charge is 0.496 e. The Balaban J connectivity index is 1.49. The van der Waals surface area contributed by atoms with Crippen LogP contribution in [-0.4, -0.2) is 86.1 Å². The summed E-state index contributed by atoms with van der Waals surface area (Å²) in [6.45, 7) is 6.11. The highest BCUT2D eigenvalue weighted by atomic mass is 19.1. The van der Waals surface area contributed by atoms with Crippen LogP contribution in [0.3, 0.4) is 0 Å². The molecule has 3 aromatic rings. The summed E-state index contributed by atoms with van der Waals surface area (Å²) in [7, 11) is 1.56. The monoisotopic (exact) mass is 618 g/mol. The molecule has 6 bridgehead atoms. The van der Waals surface area contributed by atoms with E-state index in [9.17, 15) is 18.8 Å². The Labute approximate surface area is 262 Å². The van der Waals surface area contributed by atoms with E-state index >= 15 is 0 Å². The summed E-state index contributed by atoms with van der Waals surface area (Å²) in [4.78, 5) is 43.1. The van der Waals surface area contributed by atoms with E-state index in [0.29, 0.717) is 60.8 Å². The molecular weight excluding hydrogens is 579 g/mol. The lowest BCUT2D eigenvalue weighted by Crippen LogP contribution is -2.58. The summed E-state index contributed by atoms with van der Waals surface area (Å²) in [5.41, 5.74) is 2.33. The molecule has 2 N–H and O–H groups in total. The predicted molar refractivity (Wildman–Crippen MR) is 167 cm³/mol. The SMILES string of the molecule is CCN(CC)C(=O)CN1CC[C@H]2Oc3cc(F)cc(c3)CNC(=O)COc3cccc(c3)-c3cc(ccc3OC)C(=O)N[C@@H]2C1. The molecule has 2 aliphatic heterocycles. The number of carbonyl (C=O) groups excluding carboxylic acids is 3. The van der Waals surface area contributed by atoms with Gasteiger partial charge < -0.3 is 29.7 Å². The van der Waals surface area contributed by atoms with E-state index in [4.69, 9.17) is 14.2 Å². The fourth-order valence-electron chi connectivity index (χ4n) is 5.74. The van der Waals surface area contributed by atoms with E-state index in [2.05, 4.69) is 10.6 Å². The number of fused-ring (bicyclic) bond motifs is 8. The average molecular weight is 619 g/mol. The van der Waals surface area contributed by atoms with Crippen molar-refractivity contribution >= 4 is 17.7 Å². The first-order valence-corrected chi connectivity index (χ1v) is 15.2. The van der Waals surface area contributed by atoms with Gasteiger partial charge in [-0.1, -0.05) is 12.1 Å². The molecule has 1 fully saturated rings. The smallest absolute Gasteiger partial charge is 0.258 e. The Hall–Kier alpha value is -4.64. The molecule has 0 aliphatic carbocycles. The molecule has 0 aromatic heterocycles. The van der Waals surface area contributed by atoms with Gasteiger partial charge in [-0.3, -0.25) is 19.3 Å². The van der Waals surface area contributed by atoms with Crippen LogP contribution in [0.25, 0.3) is 11.1 Å². The van der Waals surface area contributed by atoms with Crippen molar-refractivity contribution in [2.75, 3.05) is 46.4 Å². The molecule has 1 saturated heterocycles. The van der Waals surface area contributed by atoms with Crippen molar-refractivity contribution in [1.29, 1.82) is 0 Å². The summed E-state index contributed by atoms with van der Waals surface area (Å²) in [5, 5.41) is 5.89. The van der Waals surface area contributed by atoms with Gasteiger partial charge in [-0.15, -0.1) is 0 Å². The number of halogens is 1. The van der Waals surface area contributed by atoms with Crippen LogP contribution in [0.4, 0.5) is 4.39 Å². The number of rotatable bonds is 5. The number of amides is 3. The molecule has 0 spiro atoms. The molecule has 0 unspecified atom stereocenters. The third-order valence-corrected chi connectivity index (χ3v) is 8.11. The van der Waals surface area contributed by atoms with Gasteiger partial charge in [0.05, 0.1) is 19.7 Å². The molecule has 2 aliphatic rings. The van der Waals surface area contributed by atoms with E-state index in [1.807, 2.05) is 24.8 Å². The fourth-order valence-corrected chi connectivity index (χ4v) is 5.74. The van der Waals surface area contributed by atoms with Crippen LogP contribution < -0.4 is 24.8 Å². The van der Waals surface area contributed by atoms with Crippen LogP contribution in [0.5, 0.6) is 17.2 Å². The minimum absolute atomic E-state index is 0.0182. The van der Waals surface area contributed by atoms with Crippen LogP contribution in [0.15, 0.2) is 60.7 Å². The molecule has 2 atom stereocenters. The van der Waals surface area contributed by atoms with Crippen LogP contribution in [0.2, 0.25) is 0 Å². The fraction of sp³-hybridized carbons (Fsp3) is 0.382. The number of benzene rings is 3. The second kappa shape index (κ2) is 14.4. The molecule has 11 heteroatoms. The lowest BCUT2D eigenvalue weighted by atomic mass is 9.99. The predicted octanol–water partition coefficient (Wildman–Crippen LogP) is 3.63. The molecule has 0 saturated carbocycles. The molecule has 238 valence electrons. The zero-order chi connectivity index (χ0) is 31.9. The van der Waals surface area contributed by atoms with Crippen molar-refractivity contribution in [3.05, 3.63) is 77.6 Å². The first-order chi connectivity index (χ1) is 21.8. The molecule has 0 radical (unpaired) electrons. The van der Waals surface area contributed by atoms with Crippen LogP contribution >= 0.6 is 0 Å². The van der Waals surface area contributed by atoms with Crippen molar-refractivity contribution in [3.63, 3.8) is 0 Å². The number of nitrogens with zero attached hydrogens (tertiary/aromatic N) is 2. The van der Waals surface area contributed by atoms with Crippen molar-refractivity contribution in [1.82, 2.24) is 20.4 Å². The molecule has 10 nitrogen and oxygen atoms in total. The summed E-state index contributed by atoms with van der Waals surface area (Å²) in [5.74, 6) is 0.125. The van der Waals surface area contributed by atoms with Crippen LogP contribution in [-0.2, 0) is 16.1 Å². The van der Waals surface area contributed by atoms with Gasteiger partial charge in [0, 0.05) is 49.9 Å². The first kappa shape index (κ1) is 31.8. The third kappa shape index (κ3) is 7.91. The first-order valence-electron chi connectivity index (χ1n) is 15.2. The standard InChI is InChI=1S/C34H39FN4O6/c1-4-39(5-2)33(41)20-38-12-11-31-29(19-38)37-34(42)24-9-10-30(43-3)28(16-24)23-7-6-8-26(15-23)44-21-32(40)36-18-22-13-25(35)17-27(14-22)45-31/h6-10,13-17,29,31H,4-5,11-12,18-21H2,1-3H3,(H,36,40)(H,37,42)/t29-,31-/m1/s1. The lowest BCUT2D eigenvalue weighted by molar-refractivity contribution is -0.132. The second-order valence-corrected chi connectivity index (χ2v) is 11.1. The van der Waals surface area contributed by atoms with E-state index in [0.717, 1.165) is 5.56 Å². The Morgan fingerprint density at radius 3 is 2.64 bits per heavy atom. The Morgan fingerprint density at radius 2 is 1.87 bits per heavy atom. The number of nitrogens with one attached hydrogen (secondary N) is 2.